The second-order valence-electron chi connectivity index (χ2n) is 21.3. The van der Waals surface area contributed by atoms with Crippen LogP contribution in [0.4, 0.5) is 0 Å². The van der Waals surface area contributed by atoms with Crippen LogP contribution in [-0.4, -0.2) is 192 Å². The minimum atomic E-state index is -1.57. The summed E-state index contributed by atoms with van der Waals surface area (Å²) in [5.41, 5.74) is 0. The first kappa shape index (κ1) is 78.8. The molecule has 492 valence electrons. The molecule has 0 fully saturated rings. The number of carbonyl (C=O) groups is 12. The highest BCUT2D eigenvalue weighted by atomic mass is 16.5. The van der Waals surface area contributed by atoms with Crippen molar-refractivity contribution in [1.29, 1.82) is 0 Å². The first-order valence-electron chi connectivity index (χ1n) is 30.1. The van der Waals surface area contributed by atoms with Crippen molar-refractivity contribution in [3.8, 4) is 0 Å². The molecule has 0 spiro atoms. The van der Waals surface area contributed by atoms with Gasteiger partial charge in [-0.2, -0.15) is 0 Å². The van der Waals surface area contributed by atoms with E-state index in [-0.39, 0.29) is 136 Å². The van der Waals surface area contributed by atoms with Gasteiger partial charge in [0.05, 0.1) is 45.1 Å². The molecule has 0 aromatic carbocycles. The highest BCUT2D eigenvalue weighted by molar-refractivity contribution is 5.88. The van der Waals surface area contributed by atoms with E-state index in [4.69, 9.17) is 29.2 Å². The maximum atomic E-state index is 12.6. The van der Waals surface area contributed by atoms with Crippen molar-refractivity contribution >= 4 is 70.9 Å². The molecule has 5 amide bonds. The maximum Gasteiger partial charge on any atom is 0.326 e. The zero-order valence-electron chi connectivity index (χ0n) is 50.0. The van der Waals surface area contributed by atoms with Crippen LogP contribution in [-0.2, 0) is 76.5 Å². The number of carboxylic acids is 5. The lowest BCUT2D eigenvalue weighted by atomic mass is 9.89. The normalized spacial score (nSPS) is 13.3. The third-order valence-corrected chi connectivity index (χ3v) is 13.8. The first-order chi connectivity index (χ1) is 40.5. The average molecular weight is 1220 g/mol. The monoisotopic (exact) mass is 1220 g/mol. The van der Waals surface area contributed by atoms with Gasteiger partial charge in [-0.05, 0) is 58.3 Å². The largest absolute Gasteiger partial charge is 0.481 e. The quantitative estimate of drug-likeness (QED) is 0.0377. The molecule has 0 unspecified atom stereocenters. The Labute approximate surface area is 501 Å². The zero-order valence-corrected chi connectivity index (χ0v) is 50.0. The summed E-state index contributed by atoms with van der Waals surface area (Å²) < 4.78 is 21.4. The molecule has 27 nitrogen and oxygen atoms in total. The van der Waals surface area contributed by atoms with Crippen molar-refractivity contribution in [2.75, 3.05) is 65.9 Å². The molecule has 0 heterocycles. The van der Waals surface area contributed by atoms with Crippen molar-refractivity contribution in [3.63, 3.8) is 0 Å². The fourth-order valence-electron chi connectivity index (χ4n) is 8.59. The van der Waals surface area contributed by atoms with Crippen LogP contribution in [0.15, 0.2) is 0 Å². The highest BCUT2D eigenvalue weighted by Gasteiger charge is 2.29. The van der Waals surface area contributed by atoms with Crippen LogP contribution in [0, 0.1) is 11.8 Å². The number of carboxylic acid groups (broad SMARTS) is 5. The number of aliphatic hydroxyl groups excluding tert-OH is 1. The van der Waals surface area contributed by atoms with Gasteiger partial charge in [0.1, 0.15) is 42.9 Å². The van der Waals surface area contributed by atoms with Gasteiger partial charge in [0.25, 0.3) is 0 Å². The average Bonchev–Trinajstić information content (AvgIpc) is 3.65. The summed E-state index contributed by atoms with van der Waals surface area (Å²) in [6.45, 7) is 4.11. The van der Waals surface area contributed by atoms with Crippen LogP contribution in [0.2, 0.25) is 0 Å². The van der Waals surface area contributed by atoms with Gasteiger partial charge in [0.15, 0.2) is 0 Å². The van der Waals surface area contributed by atoms with E-state index in [1.54, 1.807) is 6.92 Å². The fraction of sp³-hybridized carbons (Fsp3) is 0.793. The molecule has 0 saturated heterocycles. The van der Waals surface area contributed by atoms with E-state index >= 15 is 0 Å². The molecule has 0 aliphatic carbocycles. The molecule has 85 heavy (non-hydrogen) atoms. The van der Waals surface area contributed by atoms with Crippen molar-refractivity contribution in [2.24, 2.45) is 11.8 Å². The molecular formula is C58H103N5O22. The lowest BCUT2D eigenvalue weighted by molar-refractivity contribution is -0.148. The first-order valence-corrected chi connectivity index (χ1v) is 30.1. The number of Topliss-reactive ketones (excluding diaryl/α,β-unsaturated/α-hetero) is 2. The van der Waals surface area contributed by atoms with Gasteiger partial charge in [-0.3, -0.25) is 43.2 Å². The summed E-state index contributed by atoms with van der Waals surface area (Å²) >= 11 is 0. The third-order valence-electron chi connectivity index (χ3n) is 13.8. The van der Waals surface area contributed by atoms with Gasteiger partial charge in [-0.1, -0.05) is 90.4 Å². The molecule has 0 aromatic heterocycles. The Hall–Kier alpha value is -6.16. The van der Waals surface area contributed by atoms with Gasteiger partial charge >= 0.3 is 29.8 Å². The van der Waals surface area contributed by atoms with E-state index in [1.807, 2.05) is 0 Å². The van der Waals surface area contributed by atoms with Crippen LogP contribution in [0.25, 0.3) is 0 Å². The van der Waals surface area contributed by atoms with Crippen LogP contribution in [0.1, 0.15) is 196 Å². The van der Waals surface area contributed by atoms with Crippen LogP contribution in [0.3, 0.4) is 0 Å². The summed E-state index contributed by atoms with van der Waals surface area (Å²) in [7, 11) is 0. The predicted octanol–water partition coefficient (Wildman–Crippen LogP) is 4.35. The van der Waals surface area contributed by atoms with Gasteiger partial charge in [-0.25, -0.2) is 14.4 Å². The molecule has 0 aliphatic heterocycles. The van der Waals surface area contributed by atoms with E-state index in [2.05, 4.69) is 26.6 Å². The summed E-state index contributed by atoms with van der Waals surface area (Å²) in [5.74, 6) is -11.1. The topological polar surface area (TPSA) is 423 Å². The molecule has 0 bridgehead atoms. The molecule has 0 aromatic rings. The number of hydrogen-bond acceptors (Lipinski definition) is 17. The SMILES string of the molecule is C[C@@H](CCCCNC(=O)COCCOCCNC(=O)COCCOCCCC(=O)CC[C@H](NC(=O)CC[C@H](NC(=O)CC[C@H](NC(=O)CCCCCCCCCCCCCCCCC(=O)O)C(=O)O)C(=O)O)C(=O)O)C(=O)C[C@H](C(=O)O)[C@@H](C)O.[HH].[HH]. The Balaban J connectivity index is -0.0000353. The molecule has 27 heteroatoms. The Bertz CT molecular complexity index is 2000. The number of carbonyl (C=O) groups excluding carboxylic acids is 7. The van der Waals surface area contributed by atoms with Crippen LogP contribution < -0.4 is 26.6 Å². The maximum absolute atomic E-state index is 12.6. The number of hydrogen-bond donors (Lipinski definition) is 11. The van der Waals surface area contributed by atoms with Gasteiger partial charge < -0.3 is 76.2 Å². The Morgan fingerprint density at radius 3 is 1.21 bits per heavy atom. The number of aliphatic hydroxyl groups is 1. The Kier molecular flexibility index (Phi) is 47.4. The molecular weight excluding hydrogens is 1120 g/mol. The number of ether oxygens (including phenoxy) is 4. The van der Waals surface area contributed by atoms with E-state index in [0.29, 0.717) is 38.6 Å². The number of nitrogens with one attached hydrogen (secondary N) is 5. The fourth-order valence-corrected chi connectivity index (χ4v) is 8.59. The highest BCUT2D eigenvalue weighted by Crippen LogP contribution is 2.18. The van der Waals surface area contributed by atoms with E-state index in [0.717, 1.165) is 70.6 Å². The number of amides is 5. The van der Waals surface area contributed by atoms with Gasteiger partial charge in [0, 0.05) is 73.4 Å². The number of rotatable bonds is 59. The molecule has 6 atom stereocenters. The summed E-state index contributed by atoms with van der Waals surface area (Å²) in [5, 5.41) is 68.6. The predicted molar refractivity (Wildman–Crippen MR) is 311 cm³/mol. The standard InChI is InChI=1S/C58H99N5O22.2H2/c1-41(48(66)38-44(42(2)64)55(74)75)20-17-18-30-59-52(70)39-85-37-35-83-33-31-60-53(71)40-84-36-34-82-32-19-21-43(65)24-25-45(56(76)77)62-50(68)29-27-47(58(80)81)63-51(69)28-26-46(57(78)79)61-49(67)22-15-13-11-9-7-5-3-4-6-8-10-12-14-16-23-54(72)73;;/h41-42,44-47,64H,3-40H2,1-2H3,(H,59,70)(H,60,71)(H,61,67)(H,62,68)(H,63,69)(H,72,73)(H,74,75)(H,76,77)(H,78,79)(H,80,81);2*1H/t41-,42+,44-,45-,46-,47-;;/m0../s1. The van der Waals surface area contributed by atoms with Gasteiger partial charge in [0.2, 0.25) is 29.5 Å². The van der Waals surface area contributed by atoms with Crippen molar-refractivity contribution < 1.29 is 110 Å². The van der Waals surface area contributed by atoms with Crippen molar-refractivity contribution in [2.45, 2.75) is 218 Å². The number of ketones is 2. The summed E-state index contributed by atoms with van der Waals surface area (Å²) in [4.78, 5) is 144. The lowest BCUT2D eigenvalue weighted by Gasteiger charge is -2.18. The van der Waals surface area contributed by atoms with Gasteiger partial charge in [-0.15, -0.1) is 0 Å². The van der Waals surface area contributed by atoms with E-state index in [1.165, 1.54) is 19.8 Å². The van der Waals surface area contributed by atoms with Crippen LogP contribution in [0.5, 0.6) is 0 Å². The van der Waals surface area contributed by atoms with Crippen molar-refractivity contribution in [3.05, 3.63) is 0 Å². The number of unbranched alkanes of at least 4 members (excludes halogenated alkanes) is 14. The minimum Gasteiger partial charge on any atom is -0.481 e. The summed E-state index contributed by atoms with van der Waals surface area (Å²) in [6.07, 6.45) is 13.1. The van der Waals surface area contributed by atoms with Crippen molar-refractivity contribution in [1.82, 2.24) is 26.6 Å². The molecule has 0 rings (SSSR count). The number of aliphatic carboxylic acids is 5. The van der Waals surface area contributed by atoms with Crippen LogP contribution >= 0.6 is 0 Å². The lowest BCUT2D eigenvalue weighted by Crippen LogP contribution is -2.45. The Morgan fingerprint density at radius 2 is 0.776 bits per heavy atom. The summed E-state index contributed by atoms with van der Waals surface area (Å²) in [6, 6.07) is -4.42. The second-order valence-corrected chi connectivity index (χ2v) is 21.3. The molecule has 0 radical (unpaired) electrons. The van der Waals surface area contributed by atoms with E-state index < -0.39 is 97.0 Å². The molecule has 11 N–H and O–H groups in total. The third kappa shape index (κ3) is 46.8. The smallest absolute Gasteiger partial charge is 0.326 e. The minimum absolute atomic E-state index is 0. The molecule has 0 aliphatic rings. The Morgan fingerprint density at radius 1 is 0.376 bits per heavy atom. The molecule has 0 saturated carbocycles. The second kappa shape index (κ2) is 51.1. The van der Waals surface area contributed by atoms with E-state index in [9.17, 15) is 78.0 Å². The zero-order chi connectivity index (χ0) is 63.6.